The van der Waals surface area contributed by atoms with Crippen LogP contribution in [0.5, 0.6) is 0 Å². The SMILES string of the molecule is CC(C)N(C)C(=O)CCCN(C)C. The number of amides is 1. The van der Waals surface area contributed by atoms with Crippen LogP contribution in [0.1, 0.15) is 26.7 Å². The van der Waals surface area contributed by atoms with Gasteiger partial charge in [-0.15, -0.1) is 0 Å². The molecule has 0 atom stereocenters. The summed E-state index contributed by atoms with van der Waals surface area (Å²) in [5.74, 6) is 0.247. The summed E-state index contributed by atoms with van der Waals surface area (Å²) in [6, 6.07) is 0.312. The summed E-state index contributed by atoms with van der Waals surface area (Å²) in [5.41, 5.74) is 0. The van der Waals surface area contributed by atoms with E-state index < -0.39 is 0 Å². The van der Waals surface area contributed by atoms with Crippen molar-refractivity contribution < 1.29 is 4.79 Å². The fraction of sp³-hybridized carbons (Fsp3) is 0.900. The third-order valence-electron chi connectivity index (χ3n) is 2.16. The molecule has 0 N–H and O–H groups in total. The molecule has 0 fully saturated rings. The van der Waals surface area contributed by atoms with Crippen LogP contribution in [0.4, 0.5) is 0 Å². The highest BCUT2D eigenvalue weighted by Crippen LogP contribution is 2.00. The average molecular weight is 186 g/mol. The molecule has 0 radical (unpaired) electrons. The molecule has 0 aromatic heterocycles. The molecule has 0 aliphatic rings. The minimum absolute atomic E-state index is 0.247. The quantitative estimate of drug-likeness (QED) is 0.644. The van der Waals surface area contributed by atoms with Crippen LogP contribution in [-0.4, -0.2) is 49.4 Å². The molecule has 78 valence electrons. The van der Waals surface area contributed by atoms with Crippen molar-refractivity contribution in [3.05, 3.63) is 0 Å². The van der Waals surface area contributed by atoms with E-state index in [1.54, 1.807) is 4.90 Å². The molecule has 0 saturated carbocycles. The van der Waals surface area contributed by atoms with Gasteiger partial charge in [-0.05, 0) is 40.9 Å². The highest BCUT2D eigenvalue weighted by molar-refractivity contribution is 5.76. The molecular formula is C10H22N2O. The molecule has 3 heteroatoms. The summed E-state index contributed by atoms with van der Waals surface area (Å²) in [4.78, 5) is 15.4. The van der Waals surface area contributed by atoms with Gasteiger partial charge < -0.3 is 9.80 Å². The average Bonchev–Trinajstić information content (AvgIpc) is 2.02. The minimum atomic E-state index is 0.247. The fourth-order valence-electron chi connectivity index (χ4n) is 1.01. The maximum Gasteiger partial charge on any atom is 0.222 e. The van der Waals surface area contributed by atoms with Crippen molar-refractivity contribution in [3.8, 4) is 0 Å². The second kappa shape index (κ2) is 5.97. The standard InChI is InChI=1S/C10H22N2O/c1-9(2)12(5)10(13)7-6-8-11(3)4/h9H,6-8H2,1-5H3. The van der Waals surface area contributed by atoms with Crippen LogP contribution in [-0.2, 0) is 4.79 Å². The van der Waals surface area contributed by atoms with Crippen molar-refractivity contribution in [1.29, 1.82) is 0 Å². The van der Waals surface area contributed by atoms with E-state index in [1.165, 1.54) is 0 Å². The summed E-state index contributed by atoms with van der Waals surface area (Å²) in [5, 5.41) is 0. The van der Waals surface area contributed by atoms with E-state index in [9.17, 15) is 4.79 Å². The maximum atomic E-state index is 11.5. The number of hydrogen-bond donors (Lipinski definition) is 0. The Kier molecular flexibility index (Phi) is 5.71. The van der Waals surface area contributed by atoms with E-state index in [-0.39, 0.29) is 5.91 Å². The molecule has 0 saturated heterocycles. The van der Waals surface area contributed by atoms with Gasteiger partial charge in [0.05, 0.1) is 0 Å². The number of hydrogen-bond acceptors (Lipinski definition) is 2. The summed E-state index contributed by atoms with van der Waals surface area (Å²) >= 11 is 0. The van der Waals surface area contributed by atoms with Crippen molar-refractivity contribution in [3.63, 3.8) is 0 Å². The molecule has 0 spiro atoms. The Morgan fingerprint density at radius 2 is 1.77 bits per heavy atom. The van der Waals surface area contributed by atoms with Gasteiger partial charge in [0.2, 0.25) is 5.91 Å². The first-order valence-electron chi connectivity index (χ1n) is 4.85. The molecule has 0 bridgehead atoms. The molecule has 0 aliphatic carbocycles. The van der Waals surface area contributed by atoms with Crippen LogP contribution in [0, 0.1) is 0 Å². The Morgan fingerprint density at radius 1 is 1.23 bits per heavy atom. The predicted octanol–water partition coefficient (Wildman–Crippen LogP) is 1.20. The Hall–Kier alpha value is -0.570. The minimum Gasteiger partial charge on any atom is -0.343 e. The lowest BCUT2D eigenvalue weighted by molar-refractivity contribution is -0.131. The largest absolute Gasteiger partial charge is 0.343 e. The predicted molar refractivity (Wildman–Crippen MR) is 55.7 cm³/mol. The van der Waals surface area contributed by atoms with Crippen molar-refractivity contribution in [2.75, 3.05) is 27.7 Å². The third-order valence-corrected chi connectivity index (χ3v) is 2.16. The lowest BCUT2D eigenvalue weighted by atomic mass is 10.2. The van der Waals surface area contributed by atoms with Crippen LogP contribution in [0.2, 0.25) is 0 Å². The fourth-order valence-corrected chi connectivity index (χ4v) is 1.01. The first-order chi connectivity index (χ1) is 5.95. The van der Waals surface area contributed by atoms with E-state index in [0.717, 1.165) is 13.0 Å². The number of carbonyl (C=O) groups excluding carboxylic acids is 1. The molecule has 0 unspecified atom stereocenters. The highest BCUT2D eigenvalue weighted by atomic mass is 16.2. The van der Waals surface area contributed by atoms with Gasteiger partial charge in [-0.25, -0.2) is 0 Å². The van der Waals surface area contributed by atoms with Crippen molar-refractivity contribution in [2.24, 2.45) is 0 Å². The molecule has 3 nitrogen and oxygen atoms in total. The molecule has 0 heterocycles. The van der Waals surface area contributed by atoms with Gasteiger partial charge in [-0.1, -0.05) is 0 Å². The second-order valence-electron chi connectivity index (χ2n) is 4.01. The number of carbonyl (C=O) groups is 1. The van der Waals surface area contributed by atoms with Gasteiger partial charge in [0, 0.05) is 19.5 Å². The van der Waals surface area contributed by atoms with Crippen molar-refractivity contribution >= 4 is 5.91 Å². The number of rotatable bonds is 5. The molecule has 1 amide bonds. The van der Waals surface area contributed by atoms with Gasteiger partial charge in [-0.2, -0.15) is 0 Å². The second-order valence-corrected chi connectivity index (χ2v) is 4.01. The summed E-state index contributed by atoms with van der Waals surface area (Å²) in [7, 11) is 5.91. The van der Waals surface area contributed by atoms with Crippen LogP contribution >= 0.6 is 0 Å². The summed E-state index contributed by atoms with van der Waals surface area (Å²) in [6.45, 7) is 5.05. The van der Waals surface area contributed by atoms with Gasteiger partial charge in [0.25, 0.3) is 0 Å². The Morgan fingerprint density at radius 3 is 2.15 bits per heavy atom. The Labute approximate surface area is 81.7 Å². The van der Waals surface area contributed by atoms with Crippen LogP contribution in [0.3, 0.4) is 0 Å². The van der Waals surface area contributed by atoms with Crippen LogP contribution in [0.15, 0.2) is 0 Å². The third kappa shape index (κ3) is 5.64. The number of nitrogens with zero attached hydrogens (tertiary/aromatic N) is 2. The normalized spacial score (nSPS) is 11.0. The molecular weight excluding hydrogens is 164 g/mol. The monoisotopic (exact) mass is 186 g/mol. The van der Waals surface area contributed by atoms with E-state index >= 15 is 0 Å². The summed E-state index contributed by atoms with van der Waals surface area (Å²) in [6.07, 6.45) is 1.61. The molecule has 0 aliphatic heterocycles. The summed E-state index contributed by atoms with van der Waals surface area (Å²) < 4.78 is 0. The van der Waals surface area contributed by atoms with Crippen LogP contribution in [0.25, 0.3) is 0 Å². The Bertz CT molecular complexity index is 155. The highest BCUT2D eigenvalue weighted by Gasteiger charge is 2.10. The molecule has 0 rings (SSSR count). The van der Waals surface area contributed by atoms with Gasteiger partial charge in [0.1, 0.15) is 0 Å². The zero-order valence-electron chi connectivity index (χ0n) is 9.50. The lowest BCUT2D eigenvalue weighted by Crippen LogP contribution is -2.33. The first kappa shape index (κ1) is 12.4. The van der Waals surface area contributed by atoms with E-state index in [0.29, 0.717) is 12.5 Å². The van der Waals surface area contributed by atoms with Crippen molar-refractivity contribution in [1.82, 2.24) is 9.80 Å². The first-order valence-corrected chi connectivity index (χ1v) is 4.85. The lowest BCUT2D eigenvalue weighted by Gasteiger charge is -2.21. The molecule has 0 aromatic carbocycles. The van der Waals surface area contributed by atoms with Gasteiger partial charge in [-0.3, -0.25) is 4.79 Å². The topological polar surface area (TPSA) is 23.6 Å². The molecule has 13 heavy (non-hydrogen) atoms. The van der Waals surface area contributed by atoms with Gasteiger partial charge in [0.15, 0.2) is 0 Å². The van der Waals surface area contributed by atoms with Crippen molar-refractivity contribution in [2.45, 2.75) is 32.7 Å². The maximum absolute atomic E-state index is 11.5. The van der Waals surface area contributed by atoms with Crippen LogP contribution < -0.4 is 0 Å². The zero-order valence-corrected chi connectivity index (χ0v) is 9.50. The van der Waals surface area contributed by atoms with E-state index in [4.69, 9.17) is 0 Å². The molecule has 0 aromatic rings. The Balaban J connectivity index is 3.62. The van der Waals surface area contributed by atoms with E-state index in [2.05, 4.69) is 4.90 Å². The zero-order chi connectivity index (χ0) is 10.4. The van der Waals surface area contributed by atoms with Gasteiger partial charge >= 0.3 is 0 Å². The van der Waals surface area contributed by atoms with E-state index in [1.807, 2.05) is 35.0 Å². The smallest absolute Gasteiger partial charge is 0.222 e.